The van der Waals surface area contributed by atoms with Crippen molar-refractivity contribution in [3.8, 4) is 28.0 Å². The number of ether oxygens (including phenoxy) is 2. The summed E-state index contributed by atoms with van der Waals surface area (Å²) in [5.74, 6) is 2.34. The molecule has 46 heavy (non-hydrogen) atoms. The first kappa shape index (κ1) is 36.1. The molecule has 0 saturated heterocycles. The van der Waals surface area contributed by atoms with Gasteiger partial charge in [-0.25, -0.2) is 0 Å². The van der Waals surface area contributed by atoms with Crippen LogP contribution >= 0.6 is 11.3 Å². The smallest absolute Gasteiger partial charge is 0.497 e. The first-order valence-corrected chi connectivity index (χ1v) is 17.0. The van der Waals surface area contributed by atoms with Crippen molar-refractivity contribution in [2.24, 2.45) is 0 Å². The number of rotatable bonds is 12. The molecule has 0 saturated carbocycles. The molecular weight excluding hydrogens is 637 g/mol. The maximum atomic E-state index is 12.5. The lowest BCUT2D eigenvalue weighted by Gasteiger charge is -2.26. The number of hydrogen-bond donors (Lipinski definition) is 1. The minimum atomic E-state index is -6.00. The fraction of sp³-hybridized carbons (Fsp3) is 0.212. The van der Waals surface area contributed by atoms with Crippen LogP contribution < -0.4 is 19.7 Å². The van der Waals surface area contributed by atoms with E-state index in [1.165, 1.54) is 0 Å². The van der Waals surface area contributed by atoms with Gasteiger partial charge in [0.05, 0.1) is 26.7 Å². The van der Waals surface area contributed by atoms with Crippen molar-refractivity contribution < 1.29 is 31.5 Å². The average Bonchev–Trinajstić information content (AvgIpc) is 3.51. The third-order valence-corrected chi connectivity index (χ3v) is 8.55. The SMILES string of the molecule is COc1ccc(N(c2ccc(OC)cc2)c2ccc(-c3ccc(/C=C(\C#N)C(=O)NCCC[S+](C)C)s3)cc2)cc1.F[B-](F)(F)F. The Kier molecular flexibility index (Phi) is 13.6. The quantitative estimate of drug-likeness (QED) is 0.0409. The third-order valence-electron chi connectivity index (χ3n) is 6.36. The molecule has 242 valence electrons. The molecule has 1 heterocycles. The summed E-state index contributed by atoms with van der Waals surface area (Å²) in [7, 11) is -2.34. The van der Waals surface area contributed by atoms with Gasteiger partial charge in [0.2, 0.25) is 0 Å². The van der Waals surface area contributed by atoms with E-state index in [-0.39, 0.29) is 11.5 Å². The van der Waals surface area contributed by atoms with Crippen LogP contribution in [0.2, 0.25) is 0 Å². The van der Waals surface area contributed by atoms with Gasteiger partial charge >= 0.3 is 7.25 Å². The van der Waals surface area contributed by atoms with Gasteiger partial charge in [-0.2, -0.15) is 5.26 Å². The molecule has 13 heteroatoms. The molecule has 0 bridgehead atoms. The number of halogens is 4. The van der Waals surface area contributed by atoms with Gasteiger partial charge in [-0.3, -0.25) is 4.79 Å². The Balaban J connectivity index is 0.00000107. The molecule has 0 fully saturated rings. The third kappa shape index (κ3) is 11.5. The van der Waals surface area contributed by atoms with Crippen LogP contribution in [0.4, 0.5) is 34.3 Å². The number of hydrogen-bond acceptors (Lipinski definition) is 6. The maximum absolute atomic E-state index is 12.5. The number of thiophene rings is 1. The molecule has 0 aliphatic heterocycles. The average molecular weight is 672 g/mol. The molecule has 1 aromatic heterocycles. The lowest BCUT2D eigenvalue weighted by molar-refractivity contribution is -0.117. The number of carbonyl (C=O) groups is 1. The highest BCUT2D eigenvalue weighted by Gasteiger charge is 2.20. The predicted molar refractivity (Wildman–Crippen MR) is 183 cm³/mol. The molecule has 0 atom stereocenters. The topological polar surface area (TPSA) is 74.6 Å². The summed E-state index contributed by atoms with van der Waals surface area (Å²) in [4.78, 5) is 16.6. The van der Waals surface area contributed by atoms with Gasteiger partial charge in [0.25, 0.3) is 5.91 Å². The van der Waals surface area contributed by atoms with Crippen molar-refractivity contribution in [3.63, 3.8) is 0 Å². The Labute approximate surface area is 273 Å². The van der Waals surface area contributed by atoms with Gasteiger partial charge in [0.15, 0.2) is 0 Å². The van der Waals surface area contributed by atoms with E-state index < -0.39 is 7.25 Å². The van der Waals surface area contributed by atoms with Crippen LogP contribution in [0.15, 0.2) is 90.5 Å². The van der Waals surface area contributed by atoms with E-state index in [0.29, 0.717) is 17.4 Å². The Morgan fingerprint density at radius 2 is 1.35 bits per heavy atom. The number of anilines is 3. The molecule has 0 aliphatic rings. The van der Waals surface area contributed by atoms with Crippen LogP contribution in [0.3, 0.4) is 0 Å². The number of benzene rings is 3. The molecular formula is C33H34BF4N3O3S2. The monoisotopic (exact) mass is 671 g/mol. The van der Waals surface area contributed by atoms with Crippen molar-refractivity contribution in [1.29, 1.82) is 5.26 Å². The Hall–Kier alpha value is -4.41. The second-order valence-electron chi connectivity index (χ2n) is 9.94. The van der Waals surface area contributed by atoms with Crippen LogP contribution in [0.1, 0.15) is 11.3 Å². The second kappa shape index (κ2) is 17.3. The maximum Gasteiger partial charge on any atom is 0.673 e. The van der Waals surface area contributed by atoms with E-state index >= 15 is 0 Å². The molecule has 0 spiro atoms. The summed E-state index contributed by atoms with van der Waals surface area (Å²) in [6, 6.07) is 30.3. The molecule has 4 aromatic rings. The molecule has 6 nitrogen and oxygen atoms in total. The molecule has 0 unspecified atom stereocenters. The van der Waals surface area contributed by atoms with E-state index in [1.54, 1.807) is 31.6 Å². The number of amides is 1. The number of carbonyl (C=O) groups excluding carboxylic acids is 1. The highest BCUT2D eigenvalue weighted by Crippen LogP contribution is 2.38. The van der Waals surface area contributed by atoms with Gasteiger partial charge in [-0.1, -0.05) is 12.1 Å². The van der Waals surface area contributed by atoms with Crippen LogP contribution in [0.25, 0.3) is 16.5 Å². The molecule has 1 N–H and O–H groups in total. The zero-order valence-corrected chi connectivity index (χ0v) is 27.4. The first-order chi connectivity index (χ1) is 21.9. The van der Waals surface area contributed by atoms with Crippen LogP contribution in [0.5, 0.6) is 11.5 Å². The number of nitrogens with one attached hydrogen (secondary N) is 1. The standard InChI is InChI=1S/C33H33N3O3S2.BF4/c1-38-29-14-10-27(11-15-29)36(28-12-16-30(39-2)17-13-28)26-8-6-24(7-9-26)32-19-18-31(40-32)22-25(23-34)33(37)35-20-5-21-41(3)4;2-1(3,4)5/h6-19,22H,5,20-21H2,1-4H3;/q;-1/p+1/b25-22+;. The zero-order valence-electron chi connectivity index (χ0n) is 25.8. The number of nitriles is 1. The van der Waals surface area contributed by atoms with Crippen LogP contribution in [-0.4, -0.2) is 52.2 Å². The Morgan fingerprint density at radius 1 is 0.870 bits per heavy atom. The summed E-state index contributed by atoms with van der Waals surface area (Å²) in [5, 5.41) is 12.4. The van der Waals surface area contributed by atoms with Crippen molar-refractivity contribution >= 4 is 58.5 Å². The van der Waals surface area contributed by atoms with Gasteiger partial charge < -0.3 is 37.0 Å². The largest absolute Gasteiger partial charge is 0.673 e. The Bertz CT molecular complexity index is 1570. The van der Waals surface area contributed by atoms with E-state index in [0.717, 1.165) is 56.1 Å². The molecule has 1 amide bonds. The molecule has 0 aliphatic carbocycles. The second-order valence-corrected chi connectivity index (χ2v) is 13.4. The van der Waals surface area contributed by atoms with Crippen LogP contribution in [0, 0.1) is 11.3 Å². The fourth-order valence-electron chi connectivity index (χ4n) is 4.22. The molecule has 0 radical (unpaired) electrons. The van der Waals surface area contributed by atoms with Crippen molar-refractivity contribution in [2.45, 2.75) is 6.42 Å². The normalized spacial score (nSPS) is 11.3. The Morgan fingerprint density at radius 3 is 1.78 bits per heavy atom. The number of nitrogens with zero attached hydrogens (tertiary/aromatic N) is 2. The summed E-state index contributed by atoms with van der Waals surface area (Å²) in [6.45, 7) is 0.579. The fourth-order valence-corrected chi connectivity index (χ4v) is 5.90. The van der Waals surface area contributed by atoms with Crippen molar-refractivity contribution in [2.75, 3.05) is 43.9 Å². The first-order valence-electron chi connectivity index (χ1n) is 14.0. The van der Waals surface area contributed by atoms with Gasteiger partial charge in [0.1, 0.15) is 28.9 Å². The lowest BCUT2D eigenvalue weighted by Crippen LogP contribution is -2.26. The predicted octanol–water partition coefficient (Wildman–Crippen LogP) is 8.49. The highest BCUT2D eigenvalue weighted by atomic mass is 32.2. The summed E-state index contributed by atoms with van der Waals surface area (Å²) in [5.41, 5.74) is 4.18. The van der Waals surface area contributed by atoms with E-state index in [4.69, 9.17) is 9.47 Å². The van der Waals surface area contributed by atoms with Crippen LogP contribution in [-0.2, 0) is 15.7 Å². The zero-order chi connectivity index (χ0) is 33.7. The van der Waals surface area contributed by atoms with E-state index in [9.17, 15) is 27.3 Å². The minimum Gasteiger partial charge on any atom is -0.497 e. The van der Waals surface area contributed by atoms with Gasteiger partial charge in [-0.15, -0.1) is 11.3 Å². The lowest BCUT2D eigenvalue weighted by atomic mass is 10.1. The van der Waals surface area contributed by atoms with Gasteiger partial charge in [-0.05, 0) is 95.3 Å². The van der Waals surface area contributed by atoms with Gasteiger partial charge in [0, 0.05) is 39.8 Å². The highest BCUT2D eigenvalue weighted by molar-refractivity contribution is 7.95. The van der Waals surface area contributed by atoms with Crippen molar-refractivity contribution in [3.05, 3.63) is 95.4 Å². The molecule has 3 aromatic carbocycles. The molecule has 4 rings (SSSR count). The van der Waals surface area contributed by atoms with E-state index in [2.05, 4.69) is 53.1 Å². The number of methoxy groups -OCH3 is 2. The summed E-state index contributed by atoms with van der Waals surface area (Å²) >= 11 is 1.55. The summed E-state index contributed by atoms with van der Waals surface area (Å²) in [6.07, 6.45) is 6.94. The van der Waals surface area contributed by atoms with E-state index in [1.807, 2.05) is 60.7 Å². The summed E-state index contributed by atoms with van der Waals surface area (Å²) < 4.78 is 49.7. The minimum absolute atomic E-state index is 0.121. The van der Waals surface area contributed by atoms with Crippen molar-refractivity contribution in [1.82, 2.24) is 5.32 Å².